The van der Waals surface area contributed by atoms with Gasteiger partial charge in [0.25, 0.3) is 0 Å². The third-order valence-electron chi connectivity index (χ3n) is 4.06. The van der Waals surface area contributed by atoms with Crippen molar-refractivity contribution < 1.29 is 9.90 Å². The molecule has 1 aliphatic heterocycles. The van der Waals surface area contributed by atoms with Gasteiger partial charge < -0.3 is 5.11 Å². The molecule has 1 saturated heterocycles. The first-order valence-electron chi connectivity index (χ1n) is 6.02. The summed E-state index contributed by atoms with van der Waals surface area (Å²) in [7, 11) is 0. The predicted molar refractivity (Wildman–Crippen MR) is 58.7 cm³/mol. The van der Waals surface area contributed by atoms with Crippen molar-refractivity contribution in [2.24, 2.45) is 17.8 Å². The first kappa shape index (κ1) is 10.9. The summed E-state index contributed by atoms with van der Waals surface area (Å²) in [4.78, 5) is 13.0. The van der Waals surface area contributed by atoms with Crippen molar-refractivity contribution in [3.05, 3.63) is 0 Å². The van der Waals surface area contributed by atoms with E-state index >= 15 is 0 Å². The van der Waals surface area contributed by atoms with Gasteiger partial charge in [-0.3, -0.25) is 9.69 Å². The Bertz CT molecular complexity index is 240. The number of hydrogen-bond acceptors (Lipinski definition) is 2. The van der Waals surface area contributed by atoms with Crippen molar-refractivity contribution >= 4 is 5.97 Å². The molecule has 0 amide bonds. The van der Waals surface area contributed by atoms with Crippen LogP contribution in [0, 0.1) is 17.8 Å². The maximum atomic E-state index is 10.5. The Labute approximate surface area is 91.5 Å². The number of likely N-dealkylation sites (tertiary alicyclic amines) is 1. The molecule has 0 aromatic rings. The standard InChI is InChI=1S/C12H21NO2/c1-8(2)10-4-11(5-10)13-6-9(7-13)3-12(14)15/h8-11H,3-7H2,1-2H3,(H,14,15). The van der Waals surface area contributed by atoms with Crippen LogP contribution in [0.4, 0.5) is 0 Å². The molecule has 0 radical (unpaired) electrons. The zero-order valence-electron chi connectivity index (χ0n) is 9.65. The highest BCUT2D eigenvalue weighted by Gasteiger charge is 2.40. The maximum Gasteiger partial charge on any atom is 0.303 e. The van der Waals surface area contributed by atoms with E-state index in [1.807, 2.05) is 0 Å². The molecule has 1 heterocycles. The van der Waals surface area contributed by atoms with Crippen LogP contribution < -0.4 is 0 Å². The second-order valence-electron chi connectivity index (χ2n) is 5.55. The Morgan fingerprint density at radius 2 is 2.00 bits per heavy atom. The van der Waals surface area contributed by atoms with Crippen molar-refractivity contribution in [1.29, 1.82) is 0 Å². The number of aliphatic carboxylic acids is 1. The molecule has 1 N–H and O–H groups in total. The maximum absolute atomic E-state index is 10.5. The van der Waals surface area contributed by atoms with Gasteiger partial charge in [0.2, 0.25) is 0 Å². The fourth-order valence-electron chi connectivity index (χ4n) is 2.76. The molecule has 1 aliphatic carbocycles. The average molecular weight is 211 g/mol. The molecule has 2 aliphatic rings. The molecule has 3 heteroatoms. The van der Waals surface area contributed by atoms with Gasteiger partial charge in [0.15, 0.2) is 0 Å². The van der Waals surface area contributed by atoms with Crippen molar-refractivity contribution in [2.75, 3.05) is 13.1 Å². The van der Waals surface area contributed by atoms with E-state index in [-0.39, 0.29) is 0 Å². The Kier molecular flexibility index (Phi) is 3.01. The lowest BCUT2D eigenvalue weighted by atomic mass is 9.71. The van der Waals surface area contributed by atoms with Crippen LogP contribution in [0.15, 0.2) is 0 Å². The second-order valence-corrected chi connectivity index (χ2v) is 5.55. The quantitative estimate of drug-likeness (QED) is 0.771. The summed E-state index contributed by atoms with van der Waals surface area (Å²) < 4.78 is 0. The van der Waals surface area contributed by atoms with E-state index in [1.54, 1.807) is 0 Å². The fourth-order valence-corrected chi connectivity index (χ4v) is 2.76. The highest BCUT2D eigenvalue weighted by Crippen LogP contribution is 2.39. The van der Waals surface area contributed by atoms with Crippen LogP contribution in [-0.2, 0) is 4.79 Å². The smallest absolute Gasteiger partial charge is 0.303 e. The van der Waals surface area contributed by atoms with Gasteiger partial charge in [-0.1, -0.05) is 13.8 Å². The van der Waals surface area contributed by atoms with Gasteiger partial charge in [0.05, 0.1) is 6.42 Å². The molecule has 2 rings (SSSR count). The number of hydrogen-bond donors (Lipinski definition) is 1. The van der Waals surface area contributed by atoms with E-state index in [2.05, 4.69) is 18.7 Å². The number of rotatable bonds is 4. The molecule has 1 saturated carbocycles. The largest absolute Gasteiger partial charge is 0.481 e. The third-order valence-corrected chi connectivity index (χ3v) is 4.06. The van der Waals surface area contributed by atoms with E-state index in [1.165, 1.54) is 12.8 Å². The molecule has 0 atom stereocenters. The zero-order valence-corrected chi connectivity index (χ0v) is 9.65. The van der Waals surface area contributed by atoms with Gasteiger partial charge >= 0.3 is 5.97 Å². The molecule has 0 aromatic heterocycles. The Morgan fingerprint density at radius 1 is 1.40 bits per heavy atom. The minimum absolute atomic E-state index is 0.358. The van der Waals surface area contributed by atoms with Crippen molar-refractivity contribution in [3.8, 4) is 0 Å². The monoisotopic (exact) mass is 211 g/mol. The highest BCUT2D eigenvalue weighted by atomic mass is 16.4. The number of carbonyl (C=O) groups is 1. The predicted octanol–water partition coefficient (Wildman–Crippen LogP) is 1.83. The van der Waals surface area contributed by atoms with Gasteiger partial charge in [-0.25, -0.2) is 0 Å². The molecular weight excluding hydrogens is 190 g/mol. The molecule has 15 heavy (non-hydrogen) atoms. The van der Waals surface area contributed by atoms with Crippen LogP contribution in [-0.4, -0.2) is 35.1 Å². The van der Waals surface area contributed by atoms with Crippen molar-refractivity contribution in [3.63, 3.8) is 0 Å². The van der Waals surface area contributed by atoms with Crippen molar-refractivity contribution in [1.82, 2.24) is 4.90 Å². The summed E-state index contributed by atoms with van der Waals surface area (Å²) in [5.41, 5.74) is 0. The first-order chi connectivity index (χ1) is 7.06. The SMILES string of the molecule is CC(C)C1CC(N2CC(CC(=O)O)C2)C1. The molecule has 0 spiro atoms. The molecular formula is C12H21NO2. The van der Waals surface area contributed by atoms with Crippen LogP contribution in [0.1, 0.15) is 33.1 Å². The van der Waals surface area contributed by atoms with Gasteiger partial charge in [0, 0.05) is 19.1 Å². The summed E-state index contributed by atoms with van der Waals surface area (Å²) in [6.07, 6.45) is 3.02. The van der Waals surface area contributed by atoms with Gasteiger partial charge in [-0.15, -0.1) is 0 Å². The third kappa shape index (κ3) is 2.33. The summed E-state index contributed by atoms with van der Waals surface area (Å²) in [6.45, 7) is 6.62. The fraction of sp³-hybridized carbons (Fsp3) is 0.917. The molecule has 0 unspecified atom stereocenters. The lowest BCUT2D eigenvalue weighted by molar-refractivity contribution is -0.140. The zero-order chi connectivity index (χ0) is 11.0. The minimum Gasteiger partial charge on any atom is -0.481 e. The van der Waals surface area contributed by atoms with Crippen LogP contribution in [0.25, 0.3) is 0 Å². The van der Waals surface area contributed by atoms with Crippen LogP contribution >= 0.6 is 0 Å². The lowest BCUT2D eigenvalue weighted by Gasteiger charge is -2.51. The van der Waals surface area contributed by atoms with E-state index < -0.39 is 5.97 Å². The minimum atomic E-state index is -0.645. The number of carboxylic acid groups (broad SMARTS) is 1. The van der Waals surface area contributed by atoms with Gasteiger partial charge in [0.1, 0.15) is 0 Å². The van der Waals surface area contributed by atoms with E-state index in [4.69, 9.17) is 5.11 Å². The lowest BCUT2D eigenvalue weighted by Crippen LogP contribution is -2.57. The molecule has 0 bridgehead atoms. The van der Waals surface area contributed by atoms with E-state index in [9.17, 15) is 4.79 Å². The number of nitrogens with zero attached hydrogens (tertiary/aromatic N) is 1. The van der Waals surface area contributed by atoms with Crippen LogP contribution in [0.3, 0.4) is 0 Å². The van der Waals surface area contributed by atoms with Crippen LogP contribution in [0.2, 0.25) is 0 Å². The summed E-state index contributed by atoms with van der Waals surface area (Å²) in [5, 5.41) is 8.64. The number of carboxylic acids is 1. The molecule has 0 aromatic carbocycles. The average Bonchev–Trinajstić information content (AvgIpc) is 1.94. The summed E-state index contributed by atoms with van der Waals surface area (Å²) >= 11 is 0. The Morgan fingerprint density at radius 3 is 2.47 bits per heavy atom. The highest BCUT2D eigenvalue weighted by molar-refractivity contribution is 5.67. The van der Waals surface area contributed by atoms with Crippen LogP contribution in [0.5, 0.6) is 0 Å². The first-order valence-corrected chi connectivity index (χ1v) is 6.02. The summed E-state index contributed by atoms with van der Waals surface area (Å²) in [6, 6.07) is 0.766. The molecule has 3 nitrogen and oxygen atoms in total. The molecule has 86 valence electrons. The van der Waals surface area contributed by atoms with E-state index in [0.29, 0.717) is 12.3 Å². The van der Waals surface area contributed by atoms with Crippen molar-refractivity contribution in [2.45, 2.75) is 39.2 Å². The van der Waals surface area contributed by atoms with E-state index in [0.717, 1.165) is 31.0 Å². The normalized spacial score (nSPS) is 32.5. The second kappa shape index (κ2) is 4.12. The topological polar surface area (TPSA) is 40.5 Å². The Hall–Kier alpha value is -0.570. The van der Waals surface area contributed by atoms with Gasteiger partial charge in [-0.05, 0) is 30.6 Å². The molecule has 2 fully saturated rings. The summed E-state index contributed by atoms with van der Waals surface area (Å²) in [5.74, 6) is 1.50. The Balaban J connectivity index is 1.63. The van der Waals surface area contributed by atoms with Gasteiger partial charge in [-0.2, -0.15) is 0 Å².